The first kappa shape index (κ1) is 9.58. The summed E-state index contributed by atoms with van der Waals surface area (Å²) in [6.45, 7) is 2.53. The van der Waals surface area contributed by atoms with Crippen LogP contribution < -0.4 is 11.1 Å². The topological polar surface area (TPSA) is 64.1 Å². The lowest BCUT2D eigenvalue weighted by Crippen LogP contribution is -2.00. The second-order valence-electron chi connectivity index (χ2n) is 3.34. The third-order valence-electron chi connectivity index (χ3n) is 2.02. The van der Waals surface area contributed by atoms with Crippen LogP contribution in [0.25, 0.3) is 0 Å². The van der Waals surface area contributed by atoms with Gasteiger partial charge in [-0.2, -0.15) is 0 Å². The van der Waals surface area contributed by atoms with Crippen LogP contribution in [-0.2, 0) is 6.54 Å². The molecule has 0 atom stereocenters. The Hall–Kier alpha value is -1.97. The minimum Gasteiger partial charge on any atom is -0.465 e. The molecule has 0 bridgehead atoms. The number of nitrogens with zero attached hydrogens (tertiary/aromatic N) is 1. The van der Waals surface area contributed by atoms with Crippen molar-refractivity contribution < 1.29 is 4.42 Å². The summed E-state index contributed by atoms with van der Waals surface area (Å²) in [7, 11) is 0. The molecule has 0 fully saturated rings. The van der Waals surface area contributed by atoms with E-state index in [1.165, 1.54) is 0 Å². The minimum atomic E-state index is 0.615. The summed E-state index contributed by atoms with van der Waals surface area (Å²) < 4.78 is 5.41. The van der Waals surface area contributed by atoms with Crippen LogP contribution in [0.5, 0.6) is 0 Å². The summed E-state index contributed by atoms with van der Waals surface area (Å²) in [6.07, 6.45) is 1.67. The smallest absolute Gasteiger partial charge is 0.128 e. The average Bonchev–Trinajstić information content (AvgIpc) is 2.62. The number of nitrogen functional groups attached to an aromatic ring is 1. The number of aromatic nitrogens is 1. The number of hydrogen-bond donors (Lipinski definition) is 2. The highest BCUT2D eigenvalue weighted by atomic mass is 16.3. The molecule has 15 heavy (non-hydrogen) atoms. The number of anilines is 2. The molecule has 0 unspecified atom stereocenters. The first-order valence-corrected chi connectivity index (χ1v) is 4.75. The van der Waals surface area contributed by atoms with Crippen molar-refractivity contribution in [2.75, 3.05) is 11.1 Å². The highest BCUT2D eigenvalue weighted by molar-refractivity contribution is 5.48. The summed E-state index contributed by atoms with van der Waals surface area (Å²) in [5.41, 5.74) is 6.33. The summed E-state index contributed by atoms with van der Waals surface area (Å²) in [6, 6.07) is 7.41. The van der Waals surface area contributed by atoms with E-state index in [2.05, 4.69) is 10.3 Å². The first-order valence-electron chi connectivity index (χ1n) is 4.75. The zero-order chi connectivity index (χ0) is 10.7. The Morgan fingerprint density at radius 3 is 2.93 bits per heavy atom. The van der Waals surface area contributed by atoms with Gasteiger partial charge in [0.25, 0.3) is 0 Å². The molecule has 0 saturated carbocycles. The lowest BCUT2D eigenvalue weighted by Gasteiger charge is -2.03. The van der Waals surface area contributed by atoms with E-state index in [1.807, 2.05) is 19.1 Å². The normalized spacial score (nSPS) is 10.2. The van der Waals surface area contributed by atoms with Crippen molar-refractivity contribution in [1.82, 2.24) is 4.98 Å². The second kappa shape index (κ2) is 4.04. The molecular formula is C11H13N3O. The van der Waals surface area contributed by atoms with Gasteiger partial charge < -0.3 is 15.5 Å². The van der Waals surface area contributed by atoms with Gasteiger partial charge in [-0.1, -0.05) is 0 Å². The van der Waals surface area contributed by atoms with Crippen LogP contribution in [0.4, 0.5) is 11.5 Å². The lowest BCUT2D eigenvalue weighted by atomic mass is 10.4. The predicted octanol–water partition coefficient (Wildman–Crippen LogP) is 2.18. The van der Waals surface area contributed by atoms with Gasteiger partial charge in [0.15, 0.2) is 0 Å². The molecule has 0 aliphatic rings. The minimum absolute atomic E-state index is 0.615. The maximum Gasteiger partial charge on any atom is 0.128 e. The van der Waals surface area contributed by atoms with Crippen LogP contribution in [0.15, 0.2) is 34.9 Å². The van der Waals surface area contributed by atoms with Crippen molar-refractivity contribution in [3.8, 4) is 0 Å². The van der Waals surface area contributed by atoms with E-state index < -0.39 is 0 Å². The summed E-state index contributed by atoms with van der Waals surface area (Å²) in [5, 5.41) is 3.13. The molecule has 2 rings (SSSR count). The van der Waals surface area contributed by atoms with Crippen LogP contribution in [0.3, 0.4) is 0 Å². The van der Waals surface area contributed by atoms with Gasteiger partial charge in [-0.05, 0) is 25.1 Å². The van der Waals surface area contributed by atoms with Crippen LogP contribution in [-0.4, -0.2) is 4.98 Å². The lowest BCUT2D eigenvalue weighted by molar-refractivity contribution is 0.490. The fraction of sp³-hybridized carbons (Fsp3) is 0.182. The van der Waals surface area contributed by atoms with Gasteiger partial charge in [0.05, 0.1) is 6.54 Å². The summed E-state index contributed by atoms with van der Waals surface area (Å²) in [5.74, 6) is 2.55. The van der Waals surface area contributed by atoms with Crippen molar-refractivity contribution in [3.63, 3.8) is 0 Å². The summed E-state index contributed by atoms with van der Waals surface area (Å²) in [4.78, 5) is 4.13. The van der Waals surface area contributed by atoms with E-state index >= 15 is 0 Å². The number of rotatable bonds is 3. The number of nitrogens with one attached hydrogen (secondary N) is 1. The molecule has 4 heteroatoms. The number of furan rings is 1. The Bertz CT molecular complexity index is 451. The fourth-order valence-corrected chi connectivity index (χ4v) is 1.30. The van der Waals surface area contributed by atoms with Crippen LogP contribution in [0.1, 0.15) is 11.5 Å². The fourth-order valence-electron chi connectivity index (χ4n) is 1.30. The molecule has 0 aromatic carbocycles. The van der Waals surface area contributed by atoms with E-state index in [0.29, 0.717) is 12.2 Å². The van der Waals surface area contributed by atoms with Crippen molar-refractivity contribution in [3.05, 3.63) is 42.0 Å². The van der Waals surface area contributed by atoms with E-state index in [1.54, 1.807) is 18.3 Å². The van der Waals surface area contributed by atoms with E-state index in [9.17, 15) is 0 Å². The molecule has 0 aliphatic heterocycles. The Labute approximate surface area is 88.1 Å². The van der Waals surface area contributed by atoms with Crippen LogP contribution >= 0.6 is 0 Å². The highest BCUT2D eigenvalue weighted by Gasteiger charge is 1.99. The second-order valence-corrected chi connectivity index (χ2v) is 3.34. The van der Waals surface area contributed by atoms with Gasteiger partial charge >= 0.3 is 0 Å². The number of pyridine rings is 1. The molecule has 0 saturated heterocycles. The van der Waals surface area contributed by atoms with Gasteiger partial charge in [-0.15, -0.1) is 0 Å². The number of aryl methyl sites for hydroxylation is 1. The largest absolute Gasteiger partial charge is 0.465 e. The Morgan fingerprint density at radius 1 is 1.40 bits per heavy atom. The average molecular weight is 203 g/mol. The molecular weight excluding hydrogens is 190 g/mol. The quantitative estimate of drug-likeness (QED) is 0.802. The molecule has 78 valence electrons. The molecule has 0 aliphatic carbocycles. The molecule has 0 amide bonds. The molecule has 0 radical (unpaired) electrons. The zero-order valence-corrected chi connectivity index (χ0v) is 8.53. The summed E-state index contributed by atoms with van der Waals surface area (Å²) >= 11 is 0. The SMILES string of the molecule is Cc1ccc(CNc2cc(N)ccn2)o1. The van der Waals surface area contributed by atoms with Crippen LogP contribution in [0, 0.1) is 6.92 Å². The van der Waals surface area contributed by atoms with Crippen molar-refractivity contribution in [2.24, 2.45) is 0 Å². The standard InChI is InChI=1S/C11H13N3O/c1-8-2-3-10(15-8)7-14-11-6-9(12)4-5-13-11/h2-6H,7H2,1H3,(H3,12,13,14). The third-order valence-corrected chi connectivity index (χ3v) is 2.02. The molecule has 2 aromatic rings. The van der Waals surface area contributed by atoms with E-state index in [-0.39, 0.29) is 0 Å². The Balaban J connectivity index is 1.99. The number of nitrogens with two attached hydrogens (primary N) is 1. The molecule has 2 aromatic heterocycles. The van der Waals surface area contributed by atoms with Crippen molar-refractivity contribution in [1.29, 1.82) is 0 Å². The first-order chi connectivity index (χ1) is 7.24. The third kappa shape index (κ3) is 2.49. The number of hydrogen-bond acceptors (Lipinski definition) is 4. The Morgan fingerprint density at radius 2 is 2.27 bits per heavy atom. The maximum atomic E-state index is 5.63. The zero-order valence-electron chi connectivity index (χ0n) is 8.53. The van der Waals surface area contributed by atoms with Crippen molar-refractivity contribution in [2.45, 2.75) is 13.5 Å². The van der Waals surface area contributed by atoms with Gasteiger partial charge in [-0.3, -0.25) is 0 Å². The van der Waals surface area contributed by atoms with Gasteiger partial charge in [0.1, 0.15) is 17.3 Å². The monoisotopic (exact) mass is 203 g/mol. The molecule has 4 nitrogen and oxygen atoms in total. The predicted molar refractivity (Wildman–Crippen MR) is 59.4 cm³/mol. The highest BCUT2D eigenvalue weighted by Crippen LogP contribution is 2.11. The van der Waals surface area contributed by atoms with E-state index in [0.717, 1.165) is 17.3 Å². The molecule has 2 heterocycles. The Kier molecular flexibility index (Phi) is 2.58. The van der Waals surface area contributed by atoms with E-state index in [4.69, 9.17) is 10.2 Å². The molecule has 0 spiro atoms. The van der Waals surface area contributed by atoms with Gasteiger partial charge in [0.2, 0.25) is 0 Å². The van der Waals surface area contributed by atoms with Crippen molar-refractivity contribution >= 4 is 11.5 Å². The maximum absolute atomic E-state index is 5.63. The molecule has 3 N–H and O–H groups in total. The van der Waals surface area contributed by atoms with Crippen LogP contribution in [0.2, 0.25) is 0 Å². The van der Waals surface area contributed by atoms with Gasteiger partial charge in [-0.25, -0.2) is 4.98 Å². The van der Waals surface area contributed by atoms with Gasteiger partial charge in [0, 0.05) is 18.0 Å².